The van der Waals surface area contributed by atoms with E-state index in [-0.39, 0.29) is 0 Å². The van der Waals surface area contributed by atoms with Crippen LogP contribution >= 0.6 is 0 Å². The molecule has 0 radical (unpaired) electrons. The van der Waals surface area contributed by atoms with Crippen molar-refractivity contribution in [1.82, 2.24) is 0 Å². The van der Waals surface area contributed by atoms with E-state index in [0.29, 0.717) is 17.2 Å². The molecule has 0 amide bonds. The number of allylic oxidation sites excluding steroid dienone is 3. The van der Waals surface area contributed by atoms with Gasteiger partial charge in [-0.3, -0.25) is 0 Å². The molecule has 0 aromatic heterocycles. The Hall–Kier alpha value is -2.01. The highest BCUT2D eigenvalue weighted by molar-refractivity contribution is 5.36. The van der Waals surface area contributed by atoms with Crippen molar-refractivity contribution in [3.8, 4) is 6.07 Å². The maximum Gasteiger partial charge on any atom is 0.111 e. The van der Waals surface area contributed by atoms with E-state index in [1.54, 1.807) is 6.08 Å². The number of hydrogen-bond acceptors (Lipinski definition) is 2. The zero-order valence-corrected chi connectivity index (χ0v) is 8.22. The second kappa shape index (κ2) is 4.02. The standard InChI is InChI=1S/C13H11NO/c14-9-10-1-3-11(4-2-10)12-5-7-13(15)8-6-12/h1-5,7-8,12,15H,6H2. The average molecular weight is 197 g/mol. The van der Waals surface area contributed by atoms with Crippen molar-refractivity contribution in [3.05, 3.63) is 59.4 Å². The highest BCUT2D eigenvalue weighted by atomic mass is 16.3. The topological polar surface area (TPSA) is 44.0 Å². The van der Waals surface area contributed by atoms with Crippen molar-refractivity contribution < 1.29 is 5.11 Å². The number of nitriles is 1. The van der Waals surface area contributed by atoms with Gasteiger partial charge in [0.05, 0.1) is 11.6 Å². The summed E-state index contributed by atoms with van der Waals surface area (Å²) in [6.45, 7) is 0. The van der Waals surface area contributed by atoms with Crippen LogP contribution in [0.2, 0.25) is 0 Å². The number of hydrogen-bond donors (Lipinski definition) is 1. The molecule has 0 aliphatic heterocycles. The molecule has 1 atom stereocenters. The number of rotatable bonds is 1. The summed E-state index contributed by atoms with van der Waals surface area (Å²) in [6, 6.07) is 9.66. The molecule has 15 heavy (non-hydrogen) atoms. The van der Waals surface area contributed by atoms with Crippen LogP contribution in [0.4, 0.5) is 0 Å². The summed E-state index contributed by atoms with van der Waals surface area (Å²) in [6.07, 6.45) is 6.32. The second-order valence-electron chi connectivity index (χ2n) is 3.56. The third kappa shape index (κ3) is 2.08. The van der Waals surface area contributed by atoms with Gasteiger partial charge in [0.15, 0.2) is 0 Å². The summed E-state index contributed by atoms with van der Waals surface area (Å²) in [4.78, 5) is 0. The Bertz CT molecular complexity index is 448. The van der Waals surface area contributed by atoms with Gasteiger partial charge in [0.2, 0.25) is 0 Å². The molecule has 2 nitrogen and oxygen atoms in total. The SMILES string of the molecule is N#Cc1ccc(C2C=CC(O)=CC2)cc1. The average Bonchev–Trinajstić information content (AvgIpc) is 2.30. The molecule has 1 aliphatic carbocycles. The van der Waals surface area contributed by atoms with E-state index in [0.717, 1.165) is 6.42 Å². The van der Waals surface area contributed by atoms with Crippen LogP contribution in [0.15, 0.2) is 48.3 Å². The number of aliphatic hydroxyl groups is 1. The van der Waals surface area contributed by atoms with Gasteiger partial charge in [-0.05, 0) is 36.3 Å². The third-order valence-electron chi connectivity index (χ3n) is 2.55. The van der Waals surface area contributed by atoms with Crippen molar-refractivity contribution >= 4 is 0 Å². The molecule has 0 spiro atoms. The first-order valence-corrected chi connectivity index (χ1v) is 4.87. The molecule has 1 unspecified atom stereocenters. The lowest BCUT2D eigenvalue weighted by atomic mass is 9.92. The first kappa shape index (κ1) is 9.54. The Morgan fingerprint density at radius 2 is 2.00 bits per heavy atom. The first-order chi connectivity index (χ1) is 7.29. The van der Waals surface area contributed by atoms with Crippen LogP contribution in [0, 0.1) is 11.3 Å². The first-order valence-electron chi connectivity index (χ1n) is 4.87. The van der Waals surface area contributed by atoms with Crippen molar-refractivity contribution in [2.75, 3.05) is 0 Å². The Morgan fingerprint density at radius 3 is 2.53 bits per heavy atom. The lowest BCUT2D eigenvalue weighted by Crippen LogP contribution is -1.98. The van der Waals surface area contributed by atoms with Crippen molar-refractivity contribution in [2.24, 2.45) is 0 Å². The lowest BCUT2D eigenvalue weighted by molar-refractivity contribution is 0.425. The predicted octanol–water partition coefficient (Wildman–Crippen LogP) is 3.04. The molecule has 0 bridgehead atoms. The van der Waals surface area contributed by atoms with E-state index in [2.05, 4.69) is 6.07 Å². The molecular formula is C13H11NO. The zero-order chi connectivity index (χ0) is 10.7. The Balaban J connectivity index is 2.18. The van der Waals surface area contributed by atoms with E-state index in [4.69, 9.17) is 5.26 Å². The van der Waals surface area contributed by atoms with Gasteiger partial charge in [-0.15, -0.1) is 0 Å². The van der Waals surface area contributed by atoms with E-state index >= 15 is 0 Å². The van der Waals surface area contributed by atoms with Gasteiger partial charge < -0.3 is 5.11 Å². The Morgan fingerprint density at radius 1 is 1.27 bits per heavy atom. The van der Waals surface area contributed by atoms with Gasteiger partial charge >= 0.3 is 0 Å². The van der Waals surface area contributed by atoms with Crippen LogP contribution < -0.4 is 0 Å². The van der Waals surface area contributed by atoms with Gasteiger partial charge in [-0.25, -0.2) is 0 Å². The van der Waals surface area contributed by atoms with Crippen LogP contribution in [0.1, 0.15) is 23.5 Å². The second-order valence-corrected chi connectivity index (χ2v) is 3.56. The number of benzene rings is 1. The summed E-state index contributed by atoms with van der Waals surface area (Å²) < 4.78 is 0. The molecule has 1 aromatic carbocycles. The fourth-order valence-corrected chi connectivity index (χ4v) is 1.66. The number of nitrogens with zero attached hydrogens (tertiary/aromatic N) is 1. The van der Waals surface area contributed by atoms with Crippen LogP contribution in [0.3, 0.4) is 0 Å². The Kier molecular flexibility index (Phi) is 2.55. The fraction of sp³-hybridized carbons (Fsp3) is 0.154. The molecule has 1 N–H and O–H groups in total. The van der Waals surface area contributed by atoms with Gasteiger partial charge in [0, 0.05) is 5.92 Å². The van der Waals surface area contributed by atoms with Crippen LogP contribution in [0.5, 0.6) is 0 Å². The molecule has 1 aliphatic rings. The van der Waals surface area contributed by atoms with Crippen molar-refractivity contribution in [2.45, 2.75) is 12.3 Å². The van der Waals surface area contributed by atoms with Crippen LogP contribution in [-0.2, 0) is 0 Å². The lowest BCUT2D eigenvalue weighted by Gasteiger charge is -2.14. The van der Waals surface area contributed by atoms with E-state index < -0.39 is 0 Å². The quantitative estimate of drug-likeness (QED) is 0.752. The molecule has 1 aromatic rings. The van der Waals surface area contributed by atoms with Gasteiger partial charge in [-0.2, -0.15) is 5.26 Å². The van der Waals surface area contributed by atoms with Gasteiger partial charge in [0.1, 0.15) is 5.76 Å². The highest BCUT2D eigenvalue weighted by Crippen LogP contribution is 2.26. The summed E-state index contributed by atoms with van der Waals surface area (Å²) in [7, 11) is 0. The minimum atomic E-state index is 0.314. The highest BCUT2D eigenvalue weighted by Gasteiger charge is 2.10. The largest absolute Gasteiger partial charge is 0.508 e. The zero-order valence-electron chi connectivity index (χ0n) is 8.22. The minimum Gasteiger partial charge on any atom is -0.508 e. The molecule has 0 fully saturated rings. The smallest absolute Gasteiger partial charge is 0.111 e. The van der Waals surface area contributed by atoms with Crippen molar-refractivity contribution in [1.29, 1.82) is 5.26 Å². The molecule has 2 rings (SSSR count). The molecule has 0 saturated carbocycles. The van der Waals surface area contributed by atoms with Crippen LogP contribution in [-0.4, -0.2) is 5.11 Å². The van der Waals surface area contributed by atoms with Crippen LogP contribution in [0.25, 0.3) is 0 Å². The fourth-order valence-electron chi connectivity index (χ4n) is 1.66. The van der Waals surface area contributed by atoms with E-state index in [1.807, 2.05) is 36.4 Å². The van der Waals surface area contributed by atoms with Crippen molar-refractivity contribution in [3.63, 3.8) is 0 Å². The molecular weight excluding hydrogens is 186 g/mol. The summed E-state index contributed by atoms with van der Waals surface area (Å²) >= 11 is 0. The maximum absolute atomic E-state index is 9.19. The molecule has 74 valence electrons. The molecule has 2 heteroatoms. The monoisotopic (exact) mass is 197 g/mol. The van der Waals surface area contributed by atoms with Gasteiger partial charge in [0.25, 0.3) is 0 Å². The maximum atomic E-state index is 9.19. The van der Waals surface area contributed by atoms with E-state index in [1.165, 1.54) is 5.56 Å². The molecule has 0 saturated heterocycles. The summed E-state index contributed by atoms with van der Waals surface area (Å²) in [5, 5.41) is 17.9. The third-order valence-corrected chi connectivity index (χ3v) is 2.55. The van der Waals surface area contributed by atoms with E-state index in [9.17, 15) is 5.11 Å². The summed E-state index contributed by atoms with van der Waals surface area (Å²) in [5.41, 5.74) is 1.85. The number of aliphatic hydroxyl groups excluding tert-OH is 1. The molecule has 0 heterocycles. The van der Waals surface area contributed by atoms with Gasteiger partial charge in [-0.1, -0.05) is 18.2 Å². The summed E-state index contributed by atoms with van der Waals surface area (Å²) in [5.74, 6) is 0.647. The Labute approximate surface area is 88.8 Å². The minimum absolute atomic E-state index is 0.314. The normalized spacial score (nSPS) is 19.4. The predicted molar refractivity (Wildman–Crippen MR) is 58.4 cm³/mol.